The molecule has 24 heavy (non-hydrogen) atoms. The summed E-state index contributed by atoms with van der Waals surface area (Å²) in [6, 6.07) is 7.75. The molecule has 0 fully saturated rings. The summed E-state index contributed by atoms with van der Waals surface area (Å²) in [6.45, 7) is 6.34. The number of carbonyl (C=O) groups is 1. The Morgan fingerprint density at radius 2 is 1.88 bits per heavy atom. The lowest BCUT2D eigenvalue weighted by atomic mass is 10.1. The number of aromatic amines is 1. The fraction of sp³-hybridized carbons (Fsp3) is 0.250. The molecule has 0 aliphatic rings. The zero-order valence-corrected chi connectivity index (χ0v) is 14.5. The second-order valence-electron chi connectivity index (χ2n) is 5.64. The van der Waals surface area contributed by atoms with Crippen molar-refractivity contribution >= 4 is 22.5 Å². The van der Waals surface area contributed by atoms with Crippen LogP contribution in [0.3, 0.4) is 0 Å². The van der Waals surface area contributed by atoms with E-state index >= 15 is 0 Å². The summed E-state index contributed by atoms with van der Waals surface area (Å²) in [5.74, 6) is 0. The van der Waals surface area contributed by atoms with Crippen LogP contribution in [0.4, 0.5) is 9.93 Å². The van der Waals surface area contributed by atoms with Gasteiger partial charge in [0.1, 0.15) is 5.01 Å². The molecule has 8 heteroatoms. The van der Waals surface area contributed by atoms with Crippen molar-refractivity contribution in [2.24, 2.45) is 0 Å². The standard InChI is InChI=1S/C16H18N6OS/c1-9-4-10(2)6-12(5-9)14-21-22-16(24-14)18-15(23)17-8-13-7-11(3)19-20-13/h4-7H,8H2,1-3H3,(H,19,20)(H2,17,18,22,23). The van der Waals surface area contributed by atoms with Crippen molar-refractivity contribution in [2.75, 3.05) is 5.32 Å². The third-order valence-corrected chi connectivity index (χ3v) is 4.19. The van der Waals surface area contributed by atoms with Crippen LogP contribution in [0.25, 0.3) is 10.6 Å². The highest BCUT2D eigenvalue weighted by Crippen LogP contribution is 2.27. The van der Waals surface area contributed by atoms with Crippen molar-refractivity contribution in [3.63, 3.8) is 0 Å². The number of hydrogen-bond acceptors (Lipinski definition) is 5. The molecule has 0 radical (unpaired) electrons. The van der Waals surface area contributed by atoms with E-state index in [2.05, 4.69) is 49.2 Å². The maximum Gasteiger partial charge on any atom is 0.321 e. The summed E-state index contributed by atoms with van der Waals surface area (Å²) < 4.78 is 0. The number of rotatable bonds is 4. The molecule has 0 unspecified atom stereocenters. The molecule has 0 bridgehead atoms. The number of H-pyrrole nitrogens is 1. The summed E-state index contributed by atoms with van der Waals surface area (Å²) in [7, 11) is 0. The van der Waals surface area contributed by atoms with Gasteiger partial charge in [-0.15, -0.1) is 10.2 Å². The van der Waals surface area contributed by atoms with Crippen LogP contribution in [0, 0.1) is 20.8 Å². The van der Waals surface area contributed by atoms with E-state index in [9.17, 15) is 4.79 Å². The van der Waals surface area contributed by atoms with Gasteiger partial charge in [0.15, 0.2) is 0 Å². The van der Waals surface area contributed by atoms with Crippen molar-refractivity contribution in [1.29, 1.82) is 0 Å². The Hall–Kier alpha value is -2.74. The number of carbonyl (C=O) groups excluding carboxylic acids is 1. The zero-order chi connectivity index (χ0) is 17.1. The first-order valence-electron chi connectivity index (χ1n) is 7.47. The van der Waals surface area contributed by atoms with Gasteiger partial charge < -0.3 is 5.32 Å². The van der Waals surface area contributed by atoms with Gasteiger partial charge in [0, 0.05) is 11.3 Å². The Bertz CT molecular complexity index is 849. The molecule has 3 N–H and O–H groups in total. The average molecular weight is 342 g/mol. The quantitative estimate of drug-likeness (QED) is 0.678. The monoisotopic (exact) mass is 342 g/mol. The zero-order valence-electron chi connectivity index (χ0n) is 13.7. The van der Waals surface area contributed by atoms with Gasteiger partial charge in [-0.05, 0) is 39.0 Å². The summed E-state index contributed by atoms with van der Waals surface area (Å²) in [5, 5.41) is 21.7. The second-order valence-corrected chi connectivity index (χ2v) is 6.62. The maximum atomic E-state index is 11.9. The van der Waals surface area contributed by atoms with Crippen molar-refractivity contribution in [3.8, 4) is 10.6 Å². The van der Waals surface area contributed by atoms with Gasteiger partial charge in [-0.2, -0.15) is 5.10 Å². The first-order chi connectivity index (χ1) is 11.5. The molecule has 0 saturated carbocycles. The van der Waals surface area contributed by atoms with Crippen LogP contribution in [0.1, 0.15) is 22.5 Å². The molecule has 3 aromatic rings. The van der Waals surface area contributed by atoms with Crippen LogP contribution in [0.5, 0.6) is 0 Å². The van der Waals surface area contributed by atoms with E-state index in [0.717, 1.165) is 22.0 Å². The molecule has 2 aromatic heterocycles. The first-order valence-corrected chi connectivity index (χ1v) is 8.29. The molecule has 124 valence electrons. The molecule has 0 aliphatic heterocycles. The van der Waals surface area contributed by atoms with Crippen LogP contribution in [-0.4, -0.2) is 26.4 Å². The number of nitrogens with zero attached hydrogens (tertiary/aromatic N) is 3. The molecular weight excluding hydrogens is 324 g/mol. The molecule has 3 rings (SSSR count). The summed E-state index contributed by atoms with van der Waals surface area (Å²) in [5.41, 5.74) is 5.07. The van der Waals surface area contributed by atoms with E-state index in [1.54, 1.807) is 0 Å². The Labute approximate surface area is 143 Å². The predicted molar refractivity (Wildman–Crippen MR) is 94.0 cm³/mol. The lowest BCUT2D eigenvalue weighted by Gasteiger charge is -2.02. The molecular formula is C16H18N6OS. The summed E-state index contributed by atoms with van der Waals surface area (Å²) in [4.78, 5) is 11.9. The molecule has 1 aromatic carbocycles. The third kappa shape index (κ3) is 3.96. The van der Waals surface area contributed by atoms with Gasteiger partial charge in [0.2, 0.25) is 5.13 Å². The molecule has 0 saturated heterocycles. The number of urea groups is 1. The normalized spacial score (nSPS) is 10.6. The van der Waals surface area contributed by atoms with Gasteiger partial charge in [0.25, 0.3) is 0 Å². The van der Waals surface area contributed by atoms with Crippen molar-refractivity contribution < 1.29 is 4.79 Å². The van der Waals surface area contributed by atoms with Crippen LogP contribution in [0.15, 0.2) is 24.3 Å². The smallest absolute Gasteiger partial charge is 0.321 e. The molecule has 7 nitrogen and oxygen atoms in total. The summed E-state index contributed by atoms with van der Waals surface area (Å²) >= 11 is 1.34. The lowest BCUT2D eigenvalue weighted by Crippen LogP contribution is -2.28. The number of benzene rings is 1. The van der Waals surface area contributed by atoms with Crippen molar-refractivity contribution in [3.05, 3.63) is 46.8 Å². The molecule has 0 aliphatic carbocycles. The van der Waals surface area contributed by atoms with E-state index in [1.165, 1.54) is 22.5 Å². The molecule has 2 amide bonds. The van der Waals surface area contributed by atoms with Crippen molar-refractivity contribution in [2.45, 2.75) is 27.3 Å². The second kappa shape index (κ2) is 6.79. The van der Waals surface area contributed by atoms with Crippen LogP contribution >= 0.6 is 11.3 Å². The van der Waals surface area contributed by atoms with Gasteiger partial charge in [-0.25, -0.2) is 4.79 Å². The molecule has 0 spiro atoms. The van der Waals surface area contributed by atoms with E-state index in [-0.39, 0.29) is 6.03 Å². The van der Waals surface area contributed by atoms with E-state index in [4.69, 9.17) is 0 Å². The van der Waals surface area contributed by atoms with Gasteiger partial charge in [0.05, 0.1) is 12.2 Å². The molecule has 0 atom stereocenters. The number of aryl methyl sites for hydroxylation is 3. The number of nitrogens with one attached hydrogen (secondary N) is 3. The number of amides is 2. The van der Waals surface area contributed by atoms with E-state index < -0.39 is 0 Å². The largest absolute Gasteiger partial charge is 0.332 e. The van der Waals surface area contributed by atoms with Gasteiger partial charge in [-0.3, -0.25) is 10.4 Å². The topological polar surface area (TPSA) is 95.6 Å². The minimum atomic E-state index is -0.334. The van der Waals surface area contributed by atoms with Crippen molar-refractivity contribution in [1.82, 2.24) is 25.7 Å². The van der Waals surface area contributed by atoms with Gasteiger partial charge in [-0.1, -0.05) is 28.5 Å². The predicted octanol–water partition coefficient (Wildman–Crippen LogP) is 3.18. The number of anilines is 1. The third-order valence-electron chi connectivity index (χ3n) is 3.30. The highest BCUT2D eigenvalue weighted by atomic mass is 32.1. The Morgan fingerprint density at radius 3 is 2.54 bits per heavy atom. The fourth-order valence-corrected chi connectivity index (χ4v) is 3.09. The lowest BCUT2D eigenvalue weighted by molar-refractivity contribution is 0.251. The van der Waals surface area contributed by atoms with Gasteiger partial charge >= 0.3 is 6.03 Å². The first kappa shape index (κ1) is 16.1. The minimum Gasteiger partial charge on any atom is -0.332 e. The fourth-order valence-electron chi connectivity index (χ4n) is 2.37. The maximum absolute atomic E-state index is 11.9. The average Bonchev–Trinajstić information content (AvgIpc) is 3.13. The Kier molecular flexibility index (Phi) is 4.57. The van der Waals surface area contributed by atoms with Crippen LogP contribution < -0.4 is 10.6 Å². The Morgan fingerprint density at radius 1 is 1.12 bits per heavy atom. The summed E-state index contributed by atoms with van der Waals surface area (Å²) in [6.07, 6.45) is 0. The number of hydrogen-bond donors (Lipinski definition) is 3. The highest BCUT2D eigenvalue weighted by molar-refractivity contribution is 7.18. The van der Waals surface area contributed by atoms with E-state index in [0.29, 0.717) is 11.7 Å². The SMILES string of the molecule is Cc1cc(C)cc(-c2nnc(NC(=O)NCc3cc(C)[nH]n3)s2)c1. The minimum absolute atomic E-state index is 0.334. The highest BCUT2D eigenvalue weighted by Gasteiger charge is 2.10. The van der Waals surface area contributed by atoms with Crippen LogP contribution in [0.2, 0.25) is 0 Å². The van der Waals surface area contributed by atoms with E-state index in [1.807, 2.05) is 26.8 Å². The molecule has 2 heterocycles. The Balaban J connectivity index is 1.62. The number of aromatic nitrogens is 4. The van der Waals surface area contributed by atoms with Crippen LogP contribution in [-0.2, 0) is 6.54 Å².